The van der Waals surface area contributed by atoms with Gasteiger partial charge in [-0.2, -0.15) is 5.10 Å². The number of aromatic nitrogens is 2. The molecule has 0 saturated carbocycles. The van der Waals surface area contributed by atoms with Crippen molar-refractivity contribution in [2.75, 3.05) is 32.8 Å². The van der Waals surface area contributed by atoms with Crippen LogP contribution in [0.15, 0.2) is 48.5 Å². The first-order chi connectivity index (χ1) is 15.9. The SMILES string of the molecule is Cc1ccc(C(CNC(=O)c2c(C)nn(Cc3ccc(F)cc3)c2Cl)N2CCOCC2)cc1. The molecule has 1 fully saturated rings. The van der Waals surface area contributed by atoms with E-state index >= 15 is 0 Å². The van der Waals surface area contributed by atoms with Gasteiger partial charge in [0.25, 0.3) is 5.91 Å². The Labute approximate surface area is 198 Å². The van der Waals surface area contributed by atoms with Gasteiger partial charge in [-0.3, -0.25) is 9.69 Å². The van der Waals surface area contributed by atoms with E-state index in [0.29, 0.717) is 37.6 Å². The fraction of sp³-hybridized carbons (Fsp3) is 0.360. The van der Waals surface area contributed by atoms with Crippen LogP contribution in [0.4, 0.5) is 4.39 Å². The van der Waals surface area contributed by atoms with Gasteiger partial charge in [0.05, 0.1) is 37.1 Å². The van der Waals surface area contributed by atoms with Crippen molar-refractivity contribution < 1.29 is 13.9 Å². The van der Waals surface area contributed by atoms with Crippen molar-refractivity contribution in [1.82, 2.24) is 20.0 Å². The molecule has 1 unspecified atom stereocenters. The fourth-order valence-corrected chi connectivity index (χ4v) is 4.41. The van der Waals surface area contributed by atoms with Crippen molar-refractivity contribution in [3.63, 3.8) is 0 Å². The molecule has 0 spiro atoms. The first kappa shape index (κ1) is 23.4. The van der Waals surface area contributed by atoms with Gasteiger partial charge in [-0.25, -0.2) is 9.07 Å². The third kappa shape index (κ3) is 5.61. The number of rotatable bonds is 7. The molecule has 8 heteroatoms. The Morgan fingerprint density at radius 2 is 1.79 bits per heavy atom. The average Bonchev–Trinajstić information content (AvgIpc) is 3.10. The Hall–Kier alpha value is -2.74. The molecule has 1 aliphatic heterocycles. The molecule has 4 rings (SSSR count). The first-order valence-electron chi connectivity index (χ1n) is 11.1. The minimum atomic E-state index is -0.301. The largest absolute Gasteiger partial charge is 0.379 e. The number of ether oxygens (including phenoxy) is 1. The highest BCUT2D eigenvalue weighted by atomic mass is 35.5. The van der Waals surface area contributed by atoms with E-state index in [-0.39, 0.29) is 22.9 Å². The zero-order chi connectivity index (χ0) is 23.4. The normalized spacial score (nSPS) is 15.4. The number of hydrogen-bond donors (Lipinski definition) is 1. The van der Waals surface area contributed by atoms with Crippen LogP contribution < -0.4 is 5.32 Å². The minimum absolute atomic E-state index is 0.0341. The van der Waals surface area contributed by atoms with Crippen LogP contribution in [-0.2, 0) is 11.3 Å². The van der Waals surface area contributed by atoms with E-state index in [1.54, 1.807) is 23.7 Å². The number of nitrogens with one attached hydrogen (secondary N) is 1. The van der Waals surface area contributed by atoms with E-state index in [2.05, 4.69) is 46.5 Å². The van der Waals surface area contributed by atoms with Crippen LogP contribution in [0.25, 0.3) is 0 Å². The monoisotopic (exact) mass is 470 g/mol. The van der Waals surface area contributed by atoms with E-state index in [9.17, 15) is 9.18 Å². The van der Waals surface area contributed by atoms with Gasteiger partial charge in [0.2, 0.25) is 0 Å². The second-order valence-corrected chi connectivity index (χ2v) is 8.68. The maximum absolute atomic E-state index is 13.2. The second kappa shape index (κ2) is 10.5. The molecule has 2 heterocycles. The molecule has 1 amide bonds. The second-order valence-electron chi connectivity index (χ2n) is 8.32. The molecule has 174 valence electrons. The molecule has 1 aliphatic rings. The molecule has 3 aromatic rings. The van der Waals surface area contributed by atoms with E-state index in [0.717, 1.165) is 24.2 Å². The molecule has 1 saturated heterocycles. The highest BCUT2D eigenvalue weighted by molar-refractivity contribution is 6.33. The zero-order valence-electron chi connectivity index (χ0n) is 18.9. The van der Waals surface area contributed by atoms with Gasteiger partial charge in [0.1, 0.15) is 11.0 Å². The van der Waals surface area contributed by atoms with Crippen LogP contribution >= 0.6 is 11.6 Å². The zero-order valence-corrected chi connectivity index (χ0v) is 19.6. The van der Waals surface area contributed by atoms with Crippen molar-refractivity contribution in [2.45, 2.75) is 26.4 Å². The predicted octanol–water partition coefficient (Wildman–Crippen LogP) is 4.14. The van der Waals surface area contributed by atoms with E-state index in [1.165, 1.54) is 17.7 Å². The Balaban J connectivity index is 1.49. The molecule has 1 aromatic heterocycles. The molecule has 33 heavy (non-hydrogen) atoms. The Morgan fingerprint density at radius 3 is 2.45 bits per heavy atom. The standard InChI is InChI=1S/C25H28ClFN4O2/c1-17-3-7-20(8-4-17)22(30-11-13-33-14-12-30)15-28-25(32)23-18(2)29-31(24(23)26)16-19-5-9-21(27)10-6-19/h3-10,22H,11-16H2,1-2H3,(H,28,32). The number of hydrogen-bond acceptors (Lipinski definition) is 4. The number of benzene rings is 2. The highest BCUT2D eigenvalue weighted by Crippen LogP contribution is 2.24. The summed E-state index contributed by atoms with van der Waals surface area (Å²) < 4.78 is 20.3. The Morgan fingerprint density at radius 1 is 1.12 bits per heavy atom. The molecule has 0 radical (unpaired) electrons. The first-order valence-corrected chi connectivity index (χ1v) is 11.4. The molecular formula is C25H28ClFN4O2. The van der Waals surface area contributed by atoms with Crippen LogP contribution in [0.1, 0.15) is 38.8 Å². The van der Waals surface area contributed by atoms with Gasteiger partial charge >= 0.3 is 0 Å². The van der Waals surface area contributed by atoms with Crippen LogP contribution in [0, 0.1) is 19.7 Å². The molecule has 1 N–H and O–H groups in total. The van der Waals surface area contributed by atoms with Crippen molar-refractivity contribution in [3.8, 4) is 0 Å². The van der Waals surface area contributed by atoms with Gasteiger partial charge in [-0.05, 0) is 37.1 Å². The van der Waals surface area contributed by atoms with Crippen LogP contribution in [0.5, 0.6) is 0 Å². The third-order valence-electron chi connectivity index (χ3n) is 5.94. The van der Waals surface area contributed by atoms with Crippen molar-refractivity contribution in [2.24, 2.45) is 0 Å². The van der Waals surface area contributed by atoms with Gasteiger partial charge in [0.15, 0.2) is 0 Å². The predicted molar refractivity (Wildman–Crippen MR) is 126 cm³/mol. The number of aryl methyl sites for hydroxylation is 2. The average molecular weight is 471 g/mol. The number of amides is 1. The number of halogens is 2. The van der Waals surface area contributed by atoms with Crippen molar-refractivity contribution >= 4 is 17.5 Å². The van der Waals surface area contributed by atoms with Gasteiger partial charge in [-0.15, -0.1) is 0 Å². The number of morpholine rings is 1. The maximum atomic E-state index is 13.2. The highest BCUT2D eigenvalue weighted by Gasteiger charge is 2.25. The van der Waals surface area contributed by atoms with Gasteiger partial charge in [0, 0.05) is 19.6 Å². The van der Waals surface area contributed by atoms with E-state index < -0.39 is 0 Å². The van der Waals surface area contributed by atoms with Crippen LogP contribution in [0.2, 0.25) is 5.15 Å². The molecule has 6 nitrogen and oxygen atoms in total. The number of carbonyl (C=O) groups excluding carboxylic acids is 1. The number of carbonyl (C=O) groups is 1. The lowest BCUT2D eigenvalue weighted by Crippen LogP contribution is -2.43. The lowest BCUT2D eigenvalue weighted by molar-refractivity contribution is 0.0162. The van der Waals surface area contributed by atoms with E-state index in [4.69, 9.17) is 16.3 Å². The number of nitrogens with zero attached hydrogens (tertiary/aromatic N) is 3. The van der Waals surface area contributed by atoms with Crippen molar-refractivity contribution in [3.05, 3.63) is 87.4 Å². The summed E-state index contributed by atoms with van der Waals surface area (Å²) in [5.41, 5.74) is 4.11. The summed E-state index contributed by atoms with van der Waals surface area (Å²) in [7, 11) is 0. The summed E-state index contributed by atoms with van der Waals surface area (Å²) in [6, 6.07) is 14.6. The summed E-state index contributed by atoms with van der Waals surface area (Å²) in [6.07, 6.45) is 0. The topological polar surface area (TPSA) is 59.4 Å². The lowest BCUT2D eigenvalue weighted by atomic mass is 10.0. The molecule has 1 atom stereocenters. The summed E-state index contributed by atoms with van der Waals surface area (Å²) in [6.45, 7) is 7.60. The maximum Gasteiger partial charge on any atom is 0.256 e. The van der Waals surface area contributed by atoms with E-state index in [1.807, 2.05) is 0 Å². The quantitative estimate of drug-likeness (QED) is 0.563. The lowest BCUT2D eigenvalue weighted by Gasteiger charge is -2.35. The molecular weight excluding hydrogens is 443 g/mol. The van der Waals surface area contributed by atoms with Crippen LogP contribution in [-0.4, -0.2) is 53.4 Å². The summed E-state index contributed by atoms with van der Waals surface area (Å²) >= 11 is 6.54. The Kier molecular flexibility index (Phi) is 7.42. The minimum Gasteiger partial charge on any atom is -0.379 e. The van der Waals surface area contributed by atoms with Gasteiger partial charge < -0.3 is 10.1 Å². The fourth-order valence-electron chi connectivity index (χ4n) is 4.09. The summed E-state index contributed by atoms with van der Waals surface area (Å²) in [5.74, 6) is -0.557. The molecule has 2 aromatic carbocycles. The van der Waals surface area contributed by atoms with Crippen molar-refractivity contribution in [1.29, 1.82) is 0 Å². The third-order valence-corrected chi connectivity index (χ3v) is 6.33. The molecule has 0 aliphatic carbocycles. The summed E-state index contributed by atoms with van der Waals surface area (Å²) in [5, 5.41) is 7.77. The van der Waals surface area contributed by atoms with Gasteiger partial charge in [-0.1, -0.05) is 53.6 Å². The van der Waals surface area contributed by atoms with Crippen LogP contribution in [0.3, 0.4) is 0 Å². The summed E-state index contributed by atoms with van der Waals surface area (Å²) in [4.78, 5) is 15.5. The smallest absolute Gasteiger partial charge is 0.256 e. The Bertz CT molecular complexity index is 1090. The molecule has 0 bridgehead atoms.